The Hall–Kier alpha value is -3.75. The first-order valence-electron chi connectivity index (χ1n) is 11.3. The van der Waals surface area contributed by atoms with Crippen molar-refractivity contribution in [3.05, 3.63) is 53.6 Å². The van der Waals surface area contributed by atoms with E-state index >= 15 is 0 Å². The molecule has 11 heteroatoms. The van der Waals surface area contributed by atoms with Crippen LogP contribution in [0.5, 0.6) is 11.5 Å². The summed E-state index contributed by atoms with van der Waals surface area (Å²) in [6, 6.07) is 9.21. The van der Waals surface area contributed by atoms with Crippen LogP contribution in [0.4, 0.5) is 18.9 Å². The van der Waals surface area contributed by atoms with Gasteiger partial charge in [0.2, 0.25) is 0 Å². The Balaban J connectivity index is 1.49. The standard InChI is InChI=1S/C25H24F3N3O5/c1-15(24(32)31-36-22-4-2-3-10-33-22)14-30-21-12-19(23-18(9-11-34-23)20(21)13-29)16-5-7-17(8-6-16)35-25(26,27)28/h5-8,12,22,30H,1-4,9-11,14H2,(H,31,32). The first-order valence-corrected chi connectivity index (χ1v) is 11.3. The SMILES string of the molecule is C=C(CNc1cc(-c2ccc(OC(F)(F)F)cc2)c2c(c1C#N)CCO2)C(=O)NOC1CCCCO1. The van der Waals surface area contributed by atoms with E-state index in [2.05, 4.69) is 28.2 Å². The number of amides is 1. The minimum atomic E-state index is -4.79. The summed E-state index contributed by atoms with van der Waals surface area (Å²) in [5.41, 5.74) is 5.16. The number of benzene rings is 2. The highest BCUT2D eigenvalue weighted by Gasteiger charge is 2.31. The molecule has 1 amide bonds. The van der Waals surface area contributed by atoms with Crippen molar-refractivity contribution in [3.63, 3.8) is 0 Å². The summed E-state index contributed by atoms with van der Waals surface area (Å²) < 4.78 is 52.6. The van der Waals surface area contributed by atoms with Gasteiger partial charge >= 0.3 is 6.36 Å². The Bertz CT molecular complexity index is 1170. The van der Waals surface area contributed by atoms with Gasteiger partial charge in [0.15, 0.2) is 6.29 Å². The fourth-order valence-electron chi connectivity index (χ4n) is 3.97. The summed E-state index contributed by atoms with van der Waals surface area (Å²) >= 11 is 0. The van der Waals surface area contributed by atoms with E-state index in [-0.39, 0.29) is 17.9 Å². The molecular formula is C25H24F3N3O5. The third-order valence-corrected chi connectivity index (χ3v) is 5.72. The smallest absolute Gasteiger partial charge is 0.492 e. The van der Waals surface area contributed by atoms with E-state index in [4.69, 9.17) is 14.3 Å². The Morgan fingerprint density at radius 2 is 2.00 bits per heavy atom. The first kappa shape index (κ1) is 25.3. The number of fused-ring (bicyclic) bond motifs is 1. The minimum Gasteiger partial charge on any atom is -0.492 e. The molecule has 2 aliphatic heterocycles. The van der Waals surface area contributed by atoms with E-state index in [1.807, 2.05) is 0 Å². The molecule has 0 saturated carbocycles. The van der Waals surface area contributed by atoms with Crippen LogP contribution in [-0.4, -0.2) is 38.3 Å². The molecule has 1 saturated heterocycles. The van der Waals surface area contributed by atoms with Gasteiger partial charge in [0.25, 0.3) is 5.91 Å². The summed E-state index contributed by atoms with van der Waals surface area (Å²) in [5.74, 6) is -0.377. The summed E-state index contributed by atoms with van der Waals surface area (Å²) in [4.78, 5) is 17.6. The van der Waals surface area contributed by atoms with Gasteiger partial charge in [0.1, 0.15) is 17.6 Å². The largest absolute Gasteiger partial charge is 0.573 e. The molecule has 190 valence electrons. The van der Waals surface area contributed by atoms with Gasteiger partial charge in [-0.1, -0.05) is 18.7 Å². The Morgan fingerprint density at radius 3 is 2.67 bits per heavy atom. The minimum absolute atomic E-state index is 0.0207. The fourth-order valence-corrected chi connectivity index (χ4v) is 3.97. The molecule has 1 fully saturated rings. The summed E-state index contributed by atoms with van der Waals surface area (Å²) in [7, 11) is 0. The highest BCUT2D eigenvalue weighted by atomic mass is 19.4. The van der Waals surface area contributed by atoms with E-state index in [1.54, 1.807) is 6.07 Å². The van der Waals surface area contributed by atoms with Crippen LogP contribution in [0.3, 0.4) is 0 Å². The van der Waals surface area contributed by atoms with Crippen molar-refractivity contribution in [2.24, 2.45) is 0 Å². The van der Waals surface area contributed by atoms with Crippen molar-refractivity contribution in [1.29, 1.82) is 5.26 Å². The maximum Gasteiger partial charge on any atom is 0.573 e. The van der Waals surface area contributed by atoms with Crippen LogP contribution in [0.15, 0.2) is 42.5 Å². The zero-order valence-corrected chi connectivity index (χ0v) is 19.2. The van der Waals surface area contributed by atoms with Gasteiger partial charge in [-0.3, -0.25) is 4.79 Å². The average molecular weight is 503 g/mol. The molecule has 1 atom stereocenters. The second kappa shape index (κ2) is 10.9. The number of hydroxylamine groups is 1. The molecule has 0 aliphatic carbocycles. The van der Waals surface area contributed by atoms with Gasteiger partial charge in [-0.15, -0.1) is 13.2 Å². The van der Waals surface area contributed by atoms with Crippen molar-refractivity contribution >= 4 is 11.6 Å². The molecule has 36 heavy (non-hydrogen) atoms. The summed E-state index contributed by atoms with van der Waals surface area (Å²) in [5, 5.41) is 12.9. The van der Waals surface area contributed by atoms with Gasteiger partial charge in [-0.2, -0.15) is 5.26 Å². The van der Waals surface area contributed by atoms with E-state index in [1.165, 1.54) is 24.3 Å². The van der Waals surface area contributed by atoms with E-state index < -0.39 is 18.6 Å². The van der Waals surface area contributed by atoms with E-state index in [0.717, 1.165) is 12.8 Å². The van der Waals surface area contributed by atoms with Gasteiger partial charge in [-0.25, -0.2) is 10.3 Å². The molecule has 0 spiro atoms. The molecule has 2 heterocycles. The molecule has 1 unspecified atom stereocenters. The predicted octanol–water partition coefficient (Wildman–Crippen LogP) is 4.60. The molecule has 8 nitrogen and oxygen atoms in total. The quantitative estimate of drug-likeness (QED) is 0.401. The maximum absolute atomic E-state index is 12.5. The van der Waals surface area contributed by atoms with Gasteiger partial charge in [0.05, 0.1) is 17.9 Å². The maximum atomic E-state index is 12.5. The molecule has 2 N–H and O–H groups in total. The number of anilines is 1. The number of ether oxygens (including phenoxy) is 3. The third-order valence-electron chi connectivity index (χ3n) is 5.72. The number of carbonyl (C=O) groups is 1. The van der Waals surface area contributed by atoms with Gasteiger partial charge in [-0.05, 0) is 36.6 Å². The molecule has 4 rings (SSSR count). The Kier molecular flexibility index (Phi) is 7.67. The molecule has 0 bridgehead atoms. The number of nitriles is 1. The second-order valence-corrected chi connectivity index (χ2v) is 8.24. The molecule has 2 aromatic rings. The molecule has 2 aliphatic rings. The van der Waals surface area contributed by atoms with Crippen LogP contribution in [-0.2, 0) is 20.8 Å². The van der Waals surface area contributed by atoms with Crippen LogP contribution in [0.2, 0.25) is 0 Å². The van der Waals surface area contributed by atoms with Crippen LogP contribution in [0.25, 0.3) is 11.1 Å². The van der Waals surface area contributed by atoms with Crippen LogP contribution in [0, 0.1) is 11.3 Å². The number of rotatable bonds is 8. The first-order chi connectivity index (χ1) is 17.2. The molecule has 0 radical (unpaired) electrons. The van der Waals surface area contributed by atoms with Crippen molar-refractivity contribution in [1.82, 2.24) is 5.48 Å². The Labute approximate surface area is 205 Å². The van der Waals surface area contributed by atoms with Crippen LogP contribution < -0.4 is 20.3 Å². The number of nitrogens with one attached hydrogen (secondary N) is 2. The highest BCUT2D eigenvalue weighted by molar-refractivity contribution is 5.93. The topological polar surface area (TPSA) is 102 Å². The van der Waals surface area contributed by atoms with Crippen molar-refractivity contribution < 1.29 is 37.0 Å². The third kappa shape index (κ3) is 6.08. The lowest BCUT2D eigenvalue weighted by atomic mass is 9.95. The van der Waals surface area contributed by atoms with Crippen molar-refractivity contribution in [2.75, 3.05) is 25.1 Å². The fraction of sp³-hybridized carbons (Fsp3) is 0.360. The lowest BCUT2D eigenvalue weighted by Crippen LogP contribution is -2.34. The molecule has 0 aromatic heterocycles. The van der Waals surface area contributed by atoms with Gasteiger partial charge in [0, 0.05) is 42.7 Å². The van der Waals surface area contributed by atoms with E-state index in [9.17, 15) is 23.2 Å². The normalized spacial score (nSPS) is 16.9. The van der Waals surface area contributed by atoms with Crippen molar-refractivity contribution in [2.45, 2.75) is 38.3 Å². The van der Waals surface area contributed by atoms with Crippen molar-refractivity contribution in [3.8, 4) is 28.7 Å². The number of carbonyl (C=O) groups excluding carboxylic acids is 1. The lowest BCUT2D eigenvalue weighted by molar-refractivity contribution is -0.274. The predicted molar refractivity (Wildman–Crippen MR) is 123 cm³/mol. The molecular weight excluding hydrogens is 479 g/mol. The number of nitrogens with zero attached hydrogens (tertiary/aromatic N) is 1. The average Bonchev–Trinajstić information content (AvgIpc) is 3.35. The zero-order chi connectivity index (χ0) is 25.7. The summed E-state index contributed by atoms with van der Waals surface area (Å²) in [6.07, 6.45) is -2.22. The Morgan fingerprint density at radius 1 is 1.22 bits per heavy atom. The molecule has 2 aromatic carbocycles. The lowest BCUT2D eigenvalue weighted by Gasteiger charge is -2.22. The number of hydrogen-bond acceptors (Lipinski definition) is 7. The number of hydrogen-bond donors (Lipinski definition) is 2. The van der Waals surface area contributed by atoms with Gasteiger partial charge < -0.3 is 19.5 Å². The highest BCUT2D eigenvalue weighted by Crippen LogP contribution is 2.42. The van der Waals surface area contributed by atoms with Crippen LogP contribution >= 0.6 is 0 Å². The summed E-state index contributed by atoms with van der Waals surface area (Å²) in [6.45, 7) is 4.73. The van der Waals surface area contributed by atoms with E-state index in [0.29, 0.717) is 59.7 Å². The number of alkyl halides is 3. The number of halogens is 3. The zero-order valence-electron chi connectivity index (χ0n) is 19.2. The monoisotopic (exact) mass is 503 g/mol. The van der Waals surface area contributed by atoms with Crippen LogP contribution in [0.1, 0.15) is 30.4 Å². The second-order valence-electron chi connectivity index (χ2n) is 8.24.